The first-order valence-electron chi connectivity index (χ1n) is 6.93. The lowest BCUT2D eigenvalue weighted by molar-refractivity contribution is -0.121. The fourth-order valence-electron chi connectivity index (χ4n) is 2.74. The van der Waals surface area contributed by atoms with Crippen LogP contribution in [0.3, 0.4) is 0 Å². The van der Waals surface area contributed by atoms with Gasteiger partial charge in [0.15, 0.2) is 0 Å². The lowest BCUT2D eigenvalue weighted by Gasteiger charge is -2.26. The molecule has 1 aliphatic carbocycles. The predicted octanol–water partition coefficient (Wildman–Crippen LogP) is 3.44. The lowest BCUT2D eigenvalue weighted by Crippen LogP contribution is -2.29. The van der Waals surface area contributed by atoms with E-state index in [-0.39, 0.29) is 11.8 Å². The molecule has 0 unspecified atom stereocenters. The maximum absolute atomic E-state index is 12.3. The van der Waals surface area contributed by atoms with E-state index in [0.717, 1.165) is 41.6 Å². The Kier molecular flexibility index (Phi) is 3.98. The van der Waals surface area contributed by atoms with E-state index in [2.05, 4.69) is 10.3 Å². The van der Waals surface area contributed by atoms with Gasteiger partial charge < -0.3 is 10.1 Å². The van der Waals surface area contributed by atoms with Gasteiger partial charge in [0.25, 0.3) is 0 Å². The molecule has 4 nitrogen and oxygen atoms in total. The summed E-state index contributed by atoms with van der Waals surface area (Å²) in [6.45, 7) is 0. The molecule has 0 atom stereocenters. The summed E-state index contributed by atoms with van der Waals surface area (Å²) in [5.74, 6) is 0.224. The minimum Gasteiger partial charge on any atom is -0.381 e. The van der Waals surface area contributed by atoms with Crippen molar-refractivity contribution >= 4 is 33.1 Å². The van der Waals surface area contributed by atoms with Crippen molar-refractivity contribution in [2.45, 2.75) is 31.8 Å². The maximum Gasteiger partial charge on any atom is 0.227 e. The van der Waals surface area contributed by atoms with Crippen molar-refractivity contribution in [1.82, 2.24) is 4.98 Å². The maximum atomic E-state index is 12.3. The third-order valence-corrected chi connectivity index (χ3v) is 4.79. The third kappa shape index (κ3) is 2.83. The Balaban J connectivity index is 1.63. The van der Waals surface area contributed by atoms with Crippen molar-refractivity contribution in [2.75, 3.05) is 12.4 Å². The fraction of sp³-hybridized carbons (Fsp3) is 0.467. The number of aromatic nitrogens is 1. The highest BCUT2D eigenvalue weighted by atomic mass is 32.1. The van der Waals surface area contributed by atoms with Crippen LogP contribution in [0, 0.1) is 5.92 Å². The van der Waals surface area contributed by atoms with E-state index in [4.69, 9.17) is 4.74 Å². The van der Waals surface area contributed by atoms with Gasteiger partial charge in [0.05, 0.1) is 21.8 Å². The number of methoxy groups -OCH3 is 1. The number of nitrogens with one attached hydrogen (secondary N) is 1. The van der Waals surface area contributed by atoms with E-state index < -0.39 is 0 Å². The molecular weight excluding hydrogens is 272 g/mol. The summed E-state index contributed by atoms with van der Waals surface area (Å²) in [6.07, 6.45) is 4.08. The number of anilines is 1. The van der Waals surface area contributed by atoms with Crippen LogP contribution in [0.1, 0.15) is 25.7 Å². The van der Waals surface area contributed by atoms with Crippen LogP contribution in [-0.2, 0) is 9.53 Å². The van der Waals surface area contributed by atoms with Crippen LogP contribution in [0.2, 0.25) is 0 Å². The summed E-state index contributed by atoms with van der Waals surface area (Å²) < 4.78 is 6.48. The Morgan fingerprint density at radius 3 is 2.90 bits per heavy atom. The van der Waals surface area contributed by atoms with E-state index in [1.54, 1.807) is 18.4 Å². The quantitative estimate of drug-likeness (QED) is 0.942. The number of rotatable bonds is 3. The van der Waals surface area contributed by atoms with Gasteiger partial charge in [0, 0.05) is 18.7 Å². The number of hydrogen-bond donors (Lipinski definition) is 1. The molecule has 1 aromatic carbocycles. The van der Waals surface area contributed by atoms with Gasteiger partial charge >= 0.3 is 0 Å². The molecule has 0 spiro atoms. The summed E-state index contributed by atoms with van der Waals surface area (Å²) in [4.78, 5) is 16.5. The van der Waals surface area contributed by atoms with Crippen LogP contribution >= 0.6 is 11.3 Å². The molecular formula is C15H18N2O2S. The first kappa shape index (κ1) is 13.5. The van der Waals surface area contributed by atoms with E-state index in [0.29, 0.717) is 6.10 Å². The Bertz CT molecular complexity index is 603. The topological polar surface area (TPSA) is 51.2 Å². The summed E-state index contributed by atoms with van der Waals surface area (Å²) >= 11 is 1.61. The molecule has 0 radical (unpaired) electrons. The molecule has 2 aromatic rings. The van der Waals surface area contributed by atoms with Gasteiger partial charge in [0.2, 0.25) is 5.91 Å². The molecule has 1 saturated carbocycles. The molecule has 1 amide bonds. The van der Waals surface area contributed by atoms with Crippen LogP contribution in [0.25, 0.3) is 10.2 Å². The van der Waals surface area contributed by atoms with Gasteiger partial charge in [-0.15, -0.1) is 11.3 Å². The number of benzene rings is 1. The number of ether oxygens (including phenoxy) is 1. The summed E-state index contributed by atoms with van der Waals surface area (Å²) in [5, 5.41) is 3.01. The van der Waals surface area contributed by atoms with Crippen LogP contribution in [0.4, 0.5) is 5.69 Å². The summed E-state index contributed by atoms with van der Waals surface area (Å²) in [6, 6.07) is 5.88. The highest BCUT2D eigenvalue weighted by molar-refractivity contribution is 7.16. The lowest BCUT2D eigenvalue weighted by atomic mass is 9.87. The Hall–Kier alpha value is -1.46. The third-order valence-electron chi connectivity index (χ3n) is 3.98. The number of nitrogens with zero attached hydrogens (tertiary/aromatic N) is 1. The van der Waals surface area contributed by atoms with Crippen molar-refractivity contribution < 1.29 is 9.53 Å². The largest absolute Gasteiger partial charge is 0.381 e. The van der Waals surface area contributed by atoms with E-state index in [1.807, 2.05) is 23.7 Å². The molecule has 1 heterocycles. The number of hydrogen-bond acceptors (Lipinski definition) is 4. The molecule has 0 aliphatic heterocycles. The molecule has 3 rings (SSSR count). The number of carbonyl (C=O) groups is 1. The van der Waals surface area contributed by atoms with Crippen LogP contribution in [0.15, 0.2) is 23.7 Å². The van der Waals surface area contributed by atoms with Crippen molar-refractivity contribution in [3.63, 3.8) is 0 Å². The molecule has 1 fully saturated rings. The Morgan fingerprint density at radius 2 is 2.15 bits per heavy atom. The molecule has 1 aliphatic rings. The second-order valence-corrected chi connectivity index (χ2v) is 6.12. The first-order chi connectivity index (χ1) is 9.76. The monoisotopic (exact) mass is 290 g/mol. The zero-order valence-corrected chi connectivity index (χ0v) is 12.3. The zero-order chi connectivity index (χ0) is 13.9. The van der Waals surface area contributed by atoms with Crippen molar-refractivity contribution in [1.29, 1.82) is 0 Å². The van der Waals surface area contributed by atoms with Gasteiger partial charge in [-0.2, -0.15) is 0 Å². The number of thiazole rings is 1. The zero-order valence-electron chi connectivity index (χ0n) is 11.5. The van der Waals surface area contributed by atoms with Gasteiger partial charge in [-0.05, 0) is 43.9 Å². The molecule has 0 saturated heterocycles. The van der Waals surface area contributed by atoms with E-state index >= 15 is 0 Å². The smallest absolute Gasteiger partial charge is 0.227 e. The summed E-state index contributed by atoms with van der Waals surface area (Å²) in [7, 11) is 1.74. The minimum atomic E-state index is 0.104. The predicted molar refractivity (Wildman–Crippen MR) is 81.0 cm³/mol. The highest BCUT2D eigenvalue weighted by Gasteiger charge is 2.26. The second kappa shape index (κ2) is 5.89. The molecule has 0 bridgehead atoms. The van der Waals surface area contributed by atoms with Gasteiger partial charge in [-0.1, -0.05) is 0 Å². The van der Waals surface area contributed by atoms with Crippen molar-refractivity contribution in [3.8, 4) is 0 Å². The van der Waals surface area contributed by atoms with Gasteiger partial charge in [-0.3, -0.25) is 4.79 Å². The number of fused-ring (bicyclic) bond motifs is 1. The molecule has 1 aromatic heterocycles. The molecule has 5 heteroatoms. The van der Waals surface area contributed by atoms with Crippen LogP contribution in [0.5, 0.6) is 0 Å². The van der Waals surface area contributed by atoms with Crippen LogP contribution in [-0.4, -0.2) is 24.1 Å². The summed E-state index contributed by atoms with van der Waals surface area (Å²) in [5.41, 5.74) is 3.60. The average molecular weight is 290 g/mol. The standard InChI is InChI=1S/C15H18N2O2S/c1-19-12-5-2-10(3-6-12)15(18)17-11-4-7-14-13(8-11)16-9-20-14/h4,7-10,12H,2-3,5-6H2,1H3,(H,17,18). The second-order valence-electron chi connectivity index (χ2n) is 5.23. The normalized spacial score (nSPS) is 22.9. The highest BCUT2D eigenvalue weighted by Crippen LogP contribution is 2.28. The Labute approximate surface area is 122 Å². The van der Waals surface area contributed by atoms with Crippen molar-refractivity contribution in [2.24, 2.45) is 5.92 Å². The van der Waals surface area contributed by atoms with E-state index in [1.165, 1.54) is 0 Å². The van der Waals surface area contributed by atoms with Crippen LogP contribution < -0.4 is 5.32 Å². The molecule has 1 N–H and O–H groups in total. The SMILES string of the molecule is COC1CCC(C(=O)Nc2ccc3scnc3c2)CC1. The number of amides is 1. The minimum absolute atomic E-state index is 0.104. The first-order valence-corrected chi connectivity index (χ1v) is 7.81. The van der Waals surface area contributed by atoms with Gasteiger partial charge in [0.1, 0.15) is 0 Å². The number of carbonyl (C=O) groups excluding carboxylic acids is 1. The van der Waals surface area contributed by atoms with Crippen molar-refractivity contribution in [3.05, 3.63) is 23.7 Å². The van der Waals surface area contributed by atoms with Gasteiger partial charge in [-0.25, -0.2) is 4.98 Å². The van der Waals surface area contributed by atoms with E-state index in [9.17, 15) is 4.79 Å². The molecule has 20 heavy (non-hydrogen) atoms. The fourth-order valence-corrected chi connectivity index (χ4v) is 3.40. The molecule has 106 valence electrons. The average Bonchev–Trinajstić information content (AvgIpc) is 2.95. The Morgan fingerprint density at radius 1 is 1.35 bits per heavy atom.